The van der Waals surface area contributed by atoms with Crippen LogP contribution < -0.4 is 10.9 Å². The third-order valence-corrected chi connectivity index (χ3v) is 6.07. The smallest absolute Gasteiger partial charge is 0.258 e. The van der Waals surface area contributed by atoms with Gasteiger partial charge in [-0.25, -0.2) is 4.98 Å². The van der Waals surface area contributed by atoms with Crippen molar-refractivity contribution in [2.24, 2.45) is 0 Å². The number of aromatic nitrogens is 2. The van der Waals surface area contributed by atoms with Gasteiger partial charge in [-0.05, 0) is 36.8 Å². The molecule has 0 saturated carbocycles. The summed E-state index contributed by atoms with van der Waals surface area (Å²) < 4.78 is 0. The minimum atomic E-state index is -0.565. The number of nitrogens with one attached hydrogen (secondary N) is 2. The second-order valence-electron chi connectivity index (χ2n) is 8.06. The van der Waals surface area contributed by atoms with E-state index in [0.717, 1.165) is 5.56 Å². The maximum atomic E-state index is 13.3. The summed E-state index contributed by atoms with van der Waals surface area (Å²) in [5, 5.41) is 3.79. The van der Waals surface area contributed by atoms with E-state index in [0.29, 0.717) is 33.9 Å². The lowest BCUT2D eigenvalue weighted by Gasteiger charge is -2.25. The number of H-pyrrole nitrogens is 1. The topological polar surface area (TPSA) is 95.2 Å². The van der Waals surface area contributed by atoms with Crippen LogP contribution in [-0.2, 0) is 11.3 Å². The molecule has 7 nitrogen and oxygen atoms in total. The van der Waals surface area contributed by atoms with Gasteiger partial charge < -0.3 is 15.2 Å². The molecule has 0 aliphatic heterocycles. The van der Waals surface area contributed by atoms with Crippen LogP contribution in [0.3, 0.4) is 0 Å². The first kappa shape index (κ1) is 24.2. The molecule has 1 unspecified atom stereocenters. The first-order valence-electron chi connectivity index (χ1n) is 11.3. The number of hydrogen-bond donors (Lipinski definition) is 2. The van der Waals surface area contributed by atoms with Crippen LogP contribution in [0, 0.1) is 0 Å². The number of carbonyl (C=O) groups is 2. The molecule has 3 aromatic carbocycles. The van der Waals surface area contributed by atoms with Gasteiger partial charge in [-0.15, -0.1) is 0 Å². The summed E-state index contributed by atoms with van der Waals surface area (Å²) in [4.78, 5) is 47.6. The Bertz CT molecular complexity index is 1400. The molecule has 0 aliphatic rings. The van der Waals surface area contributed by atoms with Gasteiger partial charge in [-0.3, -0.25) is 14.4 Å². The molecule has 0 saturated heterocycles. The van der Waals surface area contributed by atoms with Crippen LogP contribution >= 0.6 is 11.6 Å². The van der Waals surface area contributed by atoms with Crippen LogP contribution in [0.5, 0.6) is 0 Å². The largest absolute Gasteiger partial charge is 0.345 e. The molecule has 2 amide bonds. The molecule has 0 bridgehead atoms. The molecule has 1 heterocycles. The van der Waals surface area contributed by atoms with E-state index in [4.69, 9.17) is 11.6 Å². The number of amides is 2. The van der Waals surface area contributed by atoms with Gasteiger partial charge in [0.05, 0.1) is 40.5 Å². The highest BCUT2D eigenvalue weighted by Crippen LogP contribution is 2.21. The number of aromatic amines is 1. The lowest BCUT2D eigenvalue weighted by Crippen LogP contribution is -2.37. The van der Waals surface area contributed by atoms with Gasteiger partial charge in [0.1, 0.15) is 5.82 Å². The molecular weight excluding hydrogens is 464 g/mol. The minimum Gasteiger partial charge on any atom is -0.345 e. The summed E-state index contributed by atoms with van der Waals surface area (Å²) in [5.74, 6) is -0.141. The summed E-state index contributed by atoms with van der Waals surface area (Å²) in [5.41, 5.74) is 1.47. The van der Waals surface area contributed by atoms with E-state index in [2.05, 4.69) is 15.3 Å². The monoisotopic (exact) mass is 488 g/mol. The highest BCUT2D eigenvalue weighted by molar-refractivity contribution is 6.33. The maximum Gasteiger partial charge on any atom is 0.258 e. The fourth-order valence-electron chi connectivity index (χ4n) is 3.89. The van der Waals surface area contributed by atoms with Crippen molar-refractivity contribution in [3.63, 3.8) is 0 Å². The molecule has 0 spiro atoms. The highest BCUT2D eigenvalue weighted by atomic mass is 35.5. The van der Waals surface area contributed by atoms with Crippen LogP contribution in [0.4, 0.5) is 0 Å². The molecular formula is C27H25ClN4O3. The first-order valence-corrected chi connectivity index (χ1v) is 11.7. The second kappa shape index (κ2) is 11.0. The molecule has 1 aromatic heterocycles. The third-order valence-electron chi connectivity index (χ3n) is 5.74. The van der Waals surface area contributed by atoms with Gasteiger partial charge in [-0.1, -0.05) is 66.2 Å². The molecule has 8 heteroatoms. The number of fused-ring (bicyclic) bond motifs is 1. The first-order chi connectivity index (χ1) is 17.0. The number of rotatable bonds is 8. The van der Waals surface area contributed by atoms with Crippen LogP contribution in [0.25, 0.3) is 10.9 Å². The molecule has 35 heavy (non-hydrogen) atoms. The Morgan fingerprint density at radius 1 is 1.00 bits per heavy atom. The van der Waals surface area contributed by atoms with E-state index >= 15 is 0 Å². The van der Waals surface area contributed by atoms with E-state index in [1.54, 1.807) is 47.4 Å². The molecule has 0 fully saturated rings. The summed E-state index contributed by atoms with van der Waals surface area (Å²) in [6.07, 6.45) is 0.0336. The Morgan fingerprint density at radius 2 is 1.69 bits per heavy atom. The zero-order chi connectivity index (χ0) is 24.8. The molecule has 0 aliphatic carbocycles. The lowest BCUT2D eigenvalue weighted by molar-refractivity contribution is -0.132. The molecule has 1 atom stereocenters. The summed E-state index contributed by atoms with van der Waals surface area (Å²) >= 11 is 6.20. The minimum absolute atomic E-state index is 0.0336. The van der Waals surface area contributed by atoms with Crippen molar-refractivity contribution in [1.29, 1.82) is 0 Å². The molecule has 178 valence electrons. The standard InChI is InChI=1S/C27H25ClN4O3/c1-2-32(17-24-29-22-15-9-7-13-20(22)27(35)31-24)25(33)16-23(18-10-4-3-5-11-18)30-26(34)19-12-6-8-14-21(19)28/h3-15,23H,2,16-17H2,1H3,(H,30,34)(H,29,31,35). The Hall–Kier alpha value is -3.97. The zero-order valence-corrected chi connectivity index (χ0v) is 20.0. The second-order valence-corrected chi connectivity index (χ2v) is 8.47. The number of nitrogens with zero attached hydrogens (tertiary/aromatic N) is 2. The molecule has 4 rings (SSSR count). The van der Waals surface area contributed by atoms with E-state index in [-0.39, 0.29) is 30.3 Å². The van der Waals surface area contributed by atoms with Gasteiger partial charge in [0, 0.05) is 6.54 Å². The van der Waals surface area contributed by atoms with E-state index < -0.39 is 6.04 Å². The number of carbonyl (C=O) groups excluding carboxylic acids is 2. The Balaban J connectivity index is 1.55. The van der Waals surface area contributed by atoms with Crippen molar-refractivity contribution in [3.05, 3.63) is 111 Å². The van der Waals surface area contributed by atoms with Crippen molar-refractivity contribution < 1.29 is 9.59 Å². The Labute approximate surface area is 207 Å². The van der Waals surface area contributed by atoms with Crippen molar-refractivity contribution in [3.8, 4) is 0 Å². The fourth-order valence-corrected chi connectivity index (χ4v) is 4.11. The Kier molecular flexibility index (Phi) is 7.57. The van der Waals surface area contributed by atoms with Crippen LogP contribution in [0.2, 0.25) is 5.02 Å². The average Bonchev–Trinajstić information content (AvgIpc) is 2.87. The lowest BCUT2D eigenvalue weighted by atomic mass is 10.0. The molecule has 0 radical (unpaired) electrons. The van der Waals surface area contributed by atoms with Crippen molar-refractivity contribution in [2.75, 3.05) is 6.54 Å². The van der Waals surface area contributed by atoms with Gasteiger partial charge >= 0.3 is 0 Å². The highest BCUT2D eigenvalue weighted by Gasteiger charge is 2.23. The normalized spacial score (nSPS) is 11.7. The van der Waals surface area contributed by atoms with Gasteiger partial charge in [0.15, 0.2) is 0 Å². The van der Waals surface area contributed by atoms with Gasteiger partial charge in [0.2, 0.25) is 5.91 Å². The number of para-hydroxylation sites is 1. The molecule has 2 N–H and O–H groups in total. The Morgan fingerprint density at radius 3 is 2.43 bits per heavy atom. The van der Waals surface area contributed by atoms with E-state index in [1.807, 2.05) is 43.3 Å². The average molecular weight is 489 g/mol. The van der Waals surface area contributed by atoms with Crippen LogP contribution in [0.15, 0.2) is 83.7 Å². The van der Waals surface area contributed by atoms with Crippen molar-refractivity contribution >= 4 is 34.3 Å². The zero-order valence-electron chi connectivity index (χ0n) is 19.2. The van der Waals surface area contributed by atoms with Crippen molar-refractivity contribution in [1.82, 2.24) is 20.2 Å². The SMILES string of the molecule is CCN(Cc1nc2ccccc2c(=O)[nH]1)C(=O)CC(NC(=O)c1ccccc1Cl)c1ccccc1. The fraction of sp³-hybridized carbons (Fsp3) is 0.185. The number of benzene rings is 3. The summed E-state index contributed by atoms with van der Waals surface area (Å²) in [6.45, 7) is 2.42. The van der Waals surface area contributed by atoms with Gasteiger partial charge in [-0.2, -0.15) is 0 Å². The quantitative estimate of drug-likeness (QED) is 0.382. The number of halogens is 1. The van der Waals surface area contributed by atoms with E-state index in [9.17, 15) is 14.4 Å². The summed E-state index contributed by atoms with van der Waals surface area (Å²) in [6, 6.07) is 22.6. The predicted octanol–water partition coefficient (Wildman–Crippen LogP) is 4.49. The maximum absolute atomic E-state index is 13.3. The number of hydrogen-bond acceptors (Lipinski definition) is 4. The van der Waals surface area contributed by atoms with Crippen molar-refractivity contribution in [2.45, 2.75) is 25.9 Å². The van der Waals surface area contributed by atoms with E-state index in [1.165, 1.54) is 0 Å². The van der Waals surface area contributed by atoms with Crippen LogP contribution in [-0.4, -0.2) is 33.2 Å². The third kappa shape index (κ3) is 5.75. The van der Waals surface area contributed by atoms with Crippen LogP contribution in [0.1, 0.15) is 41.1 Å². The molecule has 4 aromatic rings. The summed E-state index contributed by atoms with van der Waals surface area (Å²) in [7, 11) is 0. The van der Waals surface area contributed by atoms with Gasteiger partial charge in [0.25, 0.3) is 11.5 Å². The predicted molar refractivity (Wildman–Crippen MR) is 136 cm³/mol.